The van der Waals surface area contributed by atoms with Crippen LogP contribution in [0.3, 0.4) is 0 Å². The van der Waals surface area contributed by atoms with Crippen LogP contribution < -0.4 is 5.76 Å². The molecular weight excluding hydrogens is 476 g/mol. The molecule has 0 amide bonds. The van der Waals surface area contributed by atoms with E-state index in [4.69, 9.17) is 4.74 Å². The fourth-order valence-corrected chi connectivity index (χ4v) is 4.03. The molecule has 2 heterocycles. The quantitative estimate of drug-likeness (QED) is 0.311. The lowest BCUT2D eigenvalue weighted by atomic mass is 9.98. The minimum atomic E-state index is -1.36. The number of rotatable bonds is 8. The van der Waals surface area contributed by atoms with Gasteiger partial charge in [0.2, 0.25) is 0 Å². The minimum absolute atomic E-state index is 0.290. The number of Topliss-reactive ketones (excluding diaryl/α,β-unsaturated/α-hetero) is 1. The number of benzene rings is 3. The predicted octanol–water partition coefficient (Wildman–Crippen LogP) is 3.20. The van der Waals surface area contributed by atoms with Crippen molar-refractivity contribution in [2.45, 2.75) is 19.6 Å². The van der Waals surface area contributed by atoms with E-state index < -0.39 is 30.2 Å². The van der Waals surface area contributed by atoms with Gasteiger partial charge in [-0.1, -0.05) is 59.8 Å². The van der Waals surface area contributed by atoms with Crippen LogP contribution in [0.5, 0.6) is 0 Å². The molecule has 5 rings (SSSR count). The second-order valence-corrected chi connectivity index (χ2v) is 8.46. The molecule has 1 unspecified atom stereocenters. The Hall–Kier alpha value is -4.83. The van der Waals surface area contributed by atoms with Gasteiger partial charge in [0, 0.05) is 12.1 Å². The number of hydrogen-bond donors (Lipinski definition) is 2. The Labute approximate surface area is 210 Å². The normalized spacial score (nSPS) is 11.9. The van der Waals surface area contributed by atoms with Gasteiger partial charge >= 0.3 is 11.7 Å². The van der Waals surface area contributed by atoms with Crippen molar-refractivity contribution < 1.29 is 24.0 Å². The number of nitrogens with zero attached hydrogens (tertiary/aromatic N) is 3. The molecule has 186 valence electrons. The molecule has 10 heteroatoms. The summed E-state index contributed by atoms with van der Waals surface area (Å²) >= 11 is 0. The fraction of sp³-hybridized carbons (Fsp3) is 0.148. The standard InChI is InChI=1S/C27H22N4O6/c1-16(32)23(33)14-36-26(34)21-7-4-8-22-24(21)31(15-28-22)13-17-9-11-18(12-10-17)19-5-2-3-6-20(19)25-29-27(35)37-30-25/h2-12,15,23,33H,13-14H2,1H3,(H,29,30,35). The lowest BCUT2D eigenvalue weighted by Crippen LogP contribution is -2.25. The average molecular weight is 498 g/mol. The maximum absolute atomic E-state index is 12.7. The number of ketones is 1. The van der Waals surface area contributed by atoms with Gasteiger partial charge < -0.3 is 14.4 Å². The van der Waals surface area contributed by atoms with E-state index in [1.54, 1.807) is 24.5 Å². The van der Waals surface area contributed by atoms with E-state index in [1.807, 2.05) is 53.1 Å². The van der Waals surface area contributed by atoms with Crippen molar-refractivity contribution in [3.63, 3.8) is 0 Å². The number of carbonyl (C=O) groups is 2. The first-order valence-electron chi connectivity index (χ1n) is 11.4. The molecule has 0 radical (unpaired) electrons. The van der Waals surface area contributed by atoms with Gasteiger partial charge in [0.1, 0.15) is 12.7 Å². The summed E-state index contributed by atoms with van der Waals surface area (Å²) in [5, 5.41) is 13.5. The van der Waals surface area contributed by atoms with Gasteiger partial charge in [-0.25, -0.2) is 14.6 Å². The number of carbonyl (C=O) groups excluding carboxylic acids is 2. The third-order valence-electron chi connectivity index (χ3n) is 5.94. The summed E-state index contributed by atoms with van der Waals surface area (Å²) in [6.07, 6.45) is 0.289. The van der Waals surface area contributed by atoms with Crippen LogP contribution in [0.2, 0.25) is 0 Å². The van der Waals surface area contributed by atoms with Crippen molar-refractivity contribution in [1.29, 1.82) is 0 Å². The molecule has 3 aromatic carbocycles. The van der Waals surface area contributed by atoms with E-state index in [1.165, 1.54) is 6.92 Å². The van der Waals surface area contributed by atoms with Gasteiger partial charge in [-0.3, -0.25) is 14.3 Å². The Morgan fingerprint density at radius 2 is 1.81 bits per heavy atom. The highest BCUT2D eigenvalue weighted by atomic mass is 16.5. The maximum Gasteiger partial charge on any atom is 0.439 e. The number of aromatic amines is 1. The van der Waals surface area contributed by atoms with Gasteiger partial charge in [0.25, 0.3) is 0 Å². The first kappa shape index (κ1) is 23.9. The number of imidazole rings is 1. The average Bonchev–Trinajstić information content (AvgIpc) is 3.53. The molecule has 10 nitrogen and oxygen atoms in total. The Balaban J connectivity index is 1.40. The van der Waals surface area contributed by atoms with Crippen molar-refractivity contribution >= 4 is 22.8 Å². The van der Waals surface area contributed by atoms with E-state index in [0.29, 0.717) is 23.4 Å². The molecule has 0 saturated heterocycles. The summed E-state index contributed by atoms with van der Waals surface area (Å²) in [7, 11) is 0. The second kappa shape index (κ2) is 10.0. The third kappa shape index (κ3) is 4.95. The largest absolute Gasteiger partial charge is 0.459 e. The fourth-order valence-electron chi connectivity index (χ4n) is 4.03. The first-order valence-corrected chi connectivity index (χ1v) is 11.4. The Kier molecular flexibility index (Phi) is 6.48. The summed E-state index contributed by atoms with van der Waals surface area (Å²) in [5.74, 6) is -1.39. The van der Waals surface area contributed by atoms with Gasteiger partial charge in [-0.15, -0.1) is 0 Å². The molecule has 0 aliphatic carbocycles. The monoisotopic (exact) mass is 498 g/mol. The molecule has 2 aromatic heterocycles. The zero-order valence-electron chi connectivity index (χ0n) is 19.7. The van der Waals surface area contributed by atoms with Gasteiger partial charge in [-0.2, -0.15) is 0 Å². The number of esters is 1. The highest BCUT2D eigenvalue weighted by molar-refractivity contribution is 6.02. The number of ether oxygens (including phenoxy) is 1. The van der Waals surface area contributed by atoms with E-state index in [9.17, 15) is 19.5 Å². The molecule has 0 fully saturated rings. The molecule has 1 atom stereocenters. The first-order chi connectivity index (χ1) is 17.9. The van der Waals surface area contributed by atoms with Crippen LogP contribution in [0.1, 0.15) is 22.8 Å². The Bertz CT molecular complexity index is 1650. The van der Waals surface area contributed by atoms with Crippen molar-refractivity contribution in [3.05, 3.63) is 94.7 Å². The zero-order valence-corrected chi connectivity index (χ0v) is 19.7. The molecule has 0 aliphatic heterocycles. The number of nitrogens with one attached hydrogen (secondary N) is 1. The molecule has 2 N–H and O–H groups in total. The van der Waals surface area contributed by atoms with Crippen molar-refractivity contribution in [3.8, 4) is 22.5 Å². The lowest BCUT2D eigenvalue weighted by Gasteiger charge is -2.12. The van der Waals surface area contributed by atoms with Crippen LogP contribution >= 0.6 is 0 Å². The lowest BCUT2D eigenvalue weighted by molar-refractivity contribution is -0.126. The number of hydrogen-bond acceptors (Lipinski definition) is 8. The van der Waals surface area contributed by atoms with Crippen LogP contribution in [0.25, 0.3) is 33.5 Å². The van der Waals surface area contributed by atoms with Crippen LogP contribution in [0.15, 0.2) is 82.4 Å². The number of para-hydroxylation sites is 1. The molecule has 0 aliphatic rings. The summed E-state index contributed by atoms with van der Waals surface area (Å²) in [5.41, 5.74) is 5.00. The molecule has 37 heavy (non-hydrogen) atoms. The van der Waals surface area contributed by atoms with E-state index >= 15 is 0 Å². The van der Waals surface area contributed by atoms with E-state index in [0.717, 1.165) is 22.3 Å². The van der Waals surface area contributed by atoms with Crippen molar-refractivity contribution in [2.24, 2.45) is 0 Å². The Morgan fingerprint density at radius 1 is 1.05 bits per heavy atom. The van der Waals surface area contributed by atoms with Crippen LogP contribution in [0.4, 0.5) is 0 Å². The van der Waals surface area contributed by atoms with Crippen molar-refractivity contribution in [1.82, 2.24) is 19.7 Å². The van der Waals surface area contributed by atoms with E-state index in [-0.39, 0.29) is 5.56 Å². The number of fused-ring (bicyclic) bond motifs is 1. The van der Waals surface area contributed by atoms with Crippen LogP contribution in [0, 0.1) is 0 Å². The van der Waals surface area contributed by atoms with Gasteiger partial charge in [0.15, 0.2) is 11.6 Å². The van der Waals surface area contributed by atoms with Crippen LogP contribution in [-0.4, -0.2) is 49.3 Å². The third-order valence-corrected chi connectivity index (χ3v) is 5.94. The smallest absolute Gasteiger partial charge is 0.439 e. The summed E-state index contributed by atoms with van der Waals surface area (Å²) in [6.45, 7) is 1.26. The summed E-state index contributed by atoms with van der Waals surface area (Å²) in [6, 6.07) is 20.5. The SMILES string of the molecule is CC(=O)C(O)COC(=O)c1cccc2ncn(Cc3ccc(-c4ccccc4-c4noc(=O)[nH]4)cc3)c12. The van der Waals surface area contributed by atoms with Crippen LogP contribution in [-0.2, 0) is 16.1 Å². The maximum atomic E-state index is 12.7. The molecule has 0 bridgehead atoms. The Morgan fingerprint density at radius 3 is 2.51 bits per heavy atom. The van der Waals surface area contributed by atoms with Gasteiger partial charge in [-0.05, 0) is 35.7 Å². The summed E-state index contributed by atoms with van der Waals surface area (Å²) < 4.78 is 11.7. The minimum Gasteiger partial charge on any atom is -0.459 e. The highest BCUT2D eigenvalue weighted by Gasteiger charge is 2.19. The molecule has 0 spiro atoms. The zero-order chi connectivity index (χ0) is 25.9. The highest BCUT2D eigenvalue weighted by Crippen LogP contribution is 2.30. The number of H-pyrrole nitrogens is 1. The number of aliphatic hydroxyl groups excluding tert-OH is 1. The second-order valence-electron chi connectivity index (χ2n) is 8.46. The van der Waals surface area contributed by atoms with E-state index in [2.05, 4.69) is 19.6 Å². The topological polar surface area (TPSA) is 140 Å². The molecule has 0 saturated carbocycles. The van der Waals surface area contributed by atoms with Crippen molar-refractivity contribution in [2.75, 3.05) is 6.61 Å². The number of aromatic nitrogens is 4. The predicted molar refractivity (Wildman–Crippen MR) is 134 cm³/mol. The molecule has 5 aromatic rings. The van der Waals surface area contributed by atoms with Gasteiger partial charge in [0.05, 0.1) is 22.9 Å². The summed E-state index contributed by atoms with van der Waals surface area (Å²) in [4.78, 5) is 42.4. The molecular formula is C27H22N4O6. The number of aliphatic hydroxyl groups is 1.